The van der Waals surface area contributed by atoms with Crippen LogP contribution in [-0.4, -0.2) is 14.5 Å². The van der Waals surface area contributed by atoms with Gasteiger partial charge >= 0.3 is 0 Å². The lowest BCUT2D eigenvalue weighted by molar-refractivity contribution is 0.944. The van der Waals surface area contributed by atoms with Gasteiger partial charge in [-0.3, -0.25) is 14.3 Å². The fourth-order valence-electron chi connectivity index (χ4n) is 2.81. The second-order valence-electron chi connectivity index (χ2n) is 5.79. The van der Waals surface area contributed by atoms with E-state index in [1.165, 1.54) is 4.57 Å². The number of pyridine rings is 1. The maximum Gasteiger partial charge on any atom is 0.266 e. The molecule has 4 aromatic rings. The van der Waals surface area contributed by atoms with E-state index in [-0.39, 0.29) is 5.56 Å². The minimum absolute atomic E-state index is 0.240. The second-order valence-corrected chi connectivity index (χ2v) is 6.60. The minimum atomic E-state index is -0.240. The van der Waals surface area contributed by atoms with Crippen molar-refractivity contribution in [2.75, 3.05) is 0 Å². The maximum absolute atomic E-state index is 13.2. The van der Waals surface area contributed by atoms with Crippen molar-refractivity contribution in [1.82, 2.24) is 14.5 Å². The predicted octanol–water partition coefficient (Wildman–Crippen LogP) is 5.26. The van der Waals surface area contributed by atoms with E-state index < -0.39 is 0 Å². The Balaban J connectivity index is 2.02. The molecular weight excluding hydrogens is 381 g/mol. The molecule has 4 rings (SSSR count). The highest BCUT2D eigenvalue weighted by atomic mass is 35.5. The van der Waals surface area contributed by atoms with E-state index in [2.05, 4.69) is 9.97 Å². The number of para-hydroxylation sites is 2. The summed E-state index contributed by atoms with van der Waals surface area (Å²) in [5.41, 5.74) is 1.51. The third-order valence-electron chi connectivity index (χ3n) is 4.05. The first-order valence-electron chi connectivity index (χ1n) is 8.20. The number of hydrogen-bond acceptors (Lipinski definition) is 3. The molecule has 2 heterocycles. The Morgan fingerprint density at radius 1 is 0.852 bits per heavy atom. The van der Waals surface area contributed by atoms with Crippen LogP contribution >= 0.6 is 23.2 Å². The van der Waals surface area contributed by atoms with Gasteiger partial charge in [0.1, 0.15) is 5.82 Å². The summed E-state index contributed by atoms with van der Waals surface area (Å²) in [6.07, 6.45) is 5.22. The molecule has 0 saturated heterocycles. The van der Waals surface area contributed by atoms with Crippen LogP contribution in [0.2, 0.25) is 10.0 Å². The van der Waals surface area contributed by atoms with Gasteiger partial charge in [-0.1, -0.05) is 47.5 Å². The monoisotopic (exact) mass is 393 g/mol. The lowest BCUT2D eigenvalue weighted by Gasteiger charge is -2.14. The van der Waals surface area contributed by atoms with Gasteiger partial charge < -0.3 is 0 Å². The fourth-order valence-corrected chi connectivity index (χ4v) is 3.38. The number of fused-ring (bicyclic) bond motifs is 1. The smallest absolute Gasteiger partial charge is 0.266 e. The highest BCUT2D eigenvalue weighted by molar-refractivity contribution is 6.37. The number of rotatable bonds is 3. The van der Waals surface area contributed by atoms with Gasteiger partial charge in [-0.2, -0.15) is 0 Å². The van der Waals surface area contributed by atoms with Crippen molar-refractivity contribution in [3.05, 3.63) is 98.8 Å². The van der Waals surface area contributed by atoms with Gasteiger partial charge in [-0.25, -0.2) is 4.98 Å². The Morgan fingerprint density at radius 2 is 1.59 bits per heavy atom. The molecule has 0 radical (unpaired) electrons. The third kappa shape index (κ3) is 3.37. The number of hydrogen-bond donors (Lipinski definition) is 0. The van der Waals surface area contributed by atoms with Crippen molar-refractivity contribution in [2.45, 2.75) is 0 Å². The second kappa shape index (κ2) is 7.35. The van der Waals surface area contributed by atoms with E-state index in [1.807, 2.05) is 24.3 Å². The van der Waals surface area contributed by atoms with Crippen LogP contribution in [0.3, 0.4) is 0 Å². The van der Waals surface area contributed by atoms with Gasteiger partial charge in [0.05, 0.1) is 32.3 Å². The summed E-state index contributed by atoms with van der Waals surface area (Å²) in [6.45, 7) is 0. The van der Waals surface area contributed by atoms with Crippen LogP contribution in [-0.2, 0) is 0 Å². The molecule has 6 heteroatoms. The highest BCUT2D eigenvalue weighted by Crippen LogP contribution is 2.29. The minimum Gasteiger partial charge on any atom is -0.268 e. The molecule has 0 atom stereocenters. The van der Waals surface area contributed by atoms with Crippen LogP contribution in [0.15, 0.2) is 71.7 Å². The average molecular weight is 394 g/mol. The summed E-state index contributed by atoms with van der Waals surface area (Å²) in [5, 5.41) is 1.23. The summed E-state index contributed by atoms with van der Waals surface area (Å²) in [4.78, 5) is 22.1. The quantitative estimate of drug-likeness (QED) is 0.476. The standard InChI is InChI=1S/C21H13Cl2N3O/c22-16-8-5-9-17(23)20(16)26-19(12-11-14-6-3-4-13-24-14)25-18-10-2-1-7-15(18)21(26)27/h1-13H/b12-11+. The molecule has 27 heavy (non-hydrogen) atoms. The Kier molecular flexibility index (Phi) is 4.75. The van der Waals surface area contributed by atoms with Crippen LogP contribution in [0.25, 0.3) is 28.7 Å². The van der Waals surface area contributed by atoms with E-state index in [0.29, 0.717) is 32.5 Å². The first kappa shape index (κ1) is 17.5. The van der Waals surface area contributed by atoms with Crippen LogP contribution in [0.5, 0.6) is 0 Å². The largest absolute Gasteiger partial charge is 0.268 e. The first-order chi connectivity index (χ1) is 13.1. The SMILES string of the molecule is O=c1c2ccccc2nc(/C=C/c2ccccn2)n1-c1c(Cl)cccc1Cl. The molecule has 0 bridgehead atoms. The Labute approximate surface area is 165 Å². The molecule has 0 saturated carbocycles. The van der Waals surface area contributed by atoms with Crippen molar-refractivity contribution >= 4 is 46.3 Å². The molecule has 0 N–H and O–H groups in total. The number of aromatic nitrogens is 3. The van der Waals surface area contributed by atoms with E-state index in [0.717, 1.165) is 5.69 Å². The average Bonchev–Trinajstić information content (AvgIpc) is 2.69. The number of nitrogens with zero attached hydrogens (tertiary/aromatic N) is 3. The van der Waals surface area contributed by atoms with Crippen molar-refractivity contribution in [3.8, 4) is 5.69 Å². The van der Waals surface area contributed by atoms with Crippen LogP contribution in [0, 0.1) is 0 Å². The molecule has 2 aromatic carbocycles. The zero-order chi connectivity index (χ0) is 18.8. The van der Waals surface area contributed by atoms with Crippen molar-refractivity contribution in [3.63, 3.8) is 0 Å². The van der Waals surface area contributed by atoms with Crippen molar-refractivity contribution < 1.29 is 0 Å². The third-order valence-corrected chi connectivity index (χ3v) is 4.66. The molecule has 4 nitrogen and oxygen atoms in total. The van der Waals surface area contributed by atoms with Gasteiger partial charge in [0, 0.05) is 6.20 Å². The Hall–Kier alpha value is -2.95. The molecular formula is C21H13Cl2N3O. The molecule has 0 amide bonds. The summed E-state index contributed by atoms with van der Waals surface area (Å²) in [6, 6.07) is 17.9. The molecule has 2 aromatic heterocycles. The van der Waals surface area contributed by atoms with E-state index in [4.69, 9.17) is 23.2 Å². The first-order valence-corrected chi connectivity index (χ1v) is 8.96. The lowest BCUT2D eigenvalue weighted by Crippen LogP contribution is -2.23. The molecule has 0 fully saturated rings. The van der Waals surface area contributed by atoms with Crippen LogP contribution < -0.4 is 5.56 Å². The maximum atomic E-state index is 13.2. The van der Waals surface area contributed by atoms with Gasteiger partial charge in [-0.15, -0.1) is 0 Å². The molecule has 0 unspecified atom stereocenters. The summed E-state index contributed by atoms with van der Waals surface area (Å²) in [7, 11) is 0. The van der Waals surface area contributed by atoms with Gasteiger partial charge in [0.15, 0.2) is 0 Å². The van der Waals surface area contributed by atoms with E-state index in [9.17, 15) is 4.79 Å². The summed E-state index contributed by atoms with van der Waals surface area (Å²) >= 11 is 12.7. The van der Waals surface area contributed by atoms with E-state index >= 15 is 0 Å². The molecule has 0 spiro atoms. The topological polar surface area (TPSA) is 47.8 Å². The van der Waals surface area contributed by atoms with Gasteiger partial charge in [0.2, 0.25) is 0 Å². The van der Waals surface area contributed by atoms with Gasteiger partial charge in [0.25, 0.3) is 5.56 Å². The Bertz CT molecular complexity index is 1200. The van der Waals surface area contributed by atoms with Crippen LogP contribution in [0.4, 0.5) is 0 Å². The van der Waals surface area contributed by atoms with E-state index in [1.54, 1.807) is 54.7 Å². The van der Waals surface area contributed by atoms with Crippen molar-refractivity contribution in [2.24, 2.45) is 0 Å². The summed E-state index contributed by atoms with van der Waals surface area (Å²) < 4.78 is 1.44. The number of halogens is 2. The van der Waals surface area contributed by atoms with Crippen LogP contribution in [0.1, 0.15) is 11.5 Å². The number of benzene rings is 2. The molecule has 0 aliphatic heterocycles. The predicted molar refractivity (Wildman–Crippen MR) is 111 cm³/mol. The highest BCUT2D eigenvalue weighted by Gasteiger charge is 2.16. The zero-order valence-corrected chi connectivity index (χ0v) is 15.5. The molecule has 132 valence electrons. The van der Waals surface area contributed by atoms with Crippen molar-refractivity contribution in [1.29, 1.82) is 0 Å². The zero-order valence-electron chi connectivity index (χ0n) is 14.0. The fraction of sp³-hybridized carbons (Fsp3) is 0. The summed E-state index contributed by atoms with van der Waals surface area (Å²) in [5.74, 6) is 0.416. The molecule has 0 aliphatic rings. The molecule has 0 aliphatic carbocycles. The lowest BCUT2D eigenvalue weighted by atomic mass is 10.2. The van der Waals surface area contributed by atoms with Gasteiger partial charge in [-0.05, 0) is 48.6 Å². The normalized spacial score (nSPS) is 11.3. The Morgan fingerprint density at radius 3 is 2.33 bits per heavy atom.